The summed E-state index contributed by atoms with van der Waals surface area (Å²) in [6.45, 7) is 1.32. The van der Waals surface area contributed by atoms with Crippen LogP contribution in [0.3, 0.4) is 0 Å². The van der Waals surface area contributed by atoms with E-state index in [1.165, 1.54) is 37.5 Å². The number of carbonyl (C=O) groups is 2. The Morgan fingerprint density at radius 2 is 1.76 bits per heavy atom. The summed E-state index contributed by atoms with van der Waals surface area (Å²) in [5.74, 6) is -0.905. The van der Waals surface area contributed by atoms with E-state index in [4.69, 9.17) is 0 Å². The number of sulfonamides is 1. The van der Waals surface area contributed by atoms with Gasteiger partial charge in [-0.15, -0.1) is 0 Å². The average Bonchev–Trinajstić information content (AvgIpc) is 2.54. The van der Waals surface area contributed by atoms with E-state index in [0.29, 0.717) is 16.9 Å². The monoisotopic (exact) mass is 362 g/mol. The topological polar surface area (TPSA) is 117 Å². The number of anilines is 2. The molecule has 0 spiro atoms. The lowest BCUT2D eigenvalue weighted by Gasteiger charge is -2.10. The maximum atomic E-state index is 12.1. The van der Waals surface area contributed by atoms with Gasteiger partial charge in [0.1, 0.15) is 0 Å². The molecule has 9 heteroatoms. The number of nitrogens with one attached hydrogen (secondary N) is 3. The summed E-state index contributed by atoms with van der Waals surface area (Å²) in [5, 5.41) is 5.11. The van der Waals surface area contributed by atoms with Gasteiger partial charge in [-0.1, -0.05) is 6.07 Å². The highest BCUT2D eigenvalue weighted by Crippen LogP contribution is 2.16. The zero-order valence-corrected chi connectivity index (χ0v) is 14.3. The van der Waals surface area contributed by atoms with Gasteiger partial charge < -0.3 is 10.6 Å². The van der Waals surface area contributed by atoms with Crippen molar-refractivity contribution in [1.82, 2.24) is 10.3 Å². The molecule has 2 aromatic rings. The summed E-state index contributed by atoms with van der Waals surface area (Å²) in [5.41, 5.74) is 1.22. The molecule has 0 aliphatic carbocycles. The van der Waals surface area contributed by atoms with Crippen LogP contribution in [-0.4, -0.2) is 37.5 Å². The first-order valence-electron chi connectivity index (χ1n) is 7.42. The second-order valence-corrected chi connectivity index (χ2v) is 7.02. The molecule has 1 aromatic heterocycles. The number of hydrogen-bond acceptors (Lipinski definition) is 5. The van der Waals surface area contributed by atoms with Gasteiger partial charge in [-0.3, -0.25) is 19.3 Å². The Bertz CT molecular complexity index is 853. The van der Waals surface area contributed by atoms with Gasteiger partial charge in [-0.2, -0.15) is 0 Å². The second-order valence-electron chi connectivity index (χ2n) is 5.17. The molecule has 1 aromatic carbocycles. The lowest BCUT2D eigenvalue weighted by molar-refractivity contribution is -0.114. The fraction of sp³-hybridized carbons (Fsp3) is 0.188. The van der Waals surface area contributed by atoms with Crippen LogP contribution in [0.1, 0.15) is 17.3 Å². The van der Waals surface area contributed by atoms with Gasteiger partial charge >= 0.3 is 0 Å². The number of hydrogen-bond donors (Lipinski definition) is 3. The van der Waals surface area contributed by atoms with Gasteiger partial charge in [0.15, 0.2) is 0 Å². The van der Waals surface area contributed by atoms with Crippen molar-refractivity contribution in [3.8, 4) is 0 Å². The van der Waals surface area contributed by atoms with Crippen molar-refractivity contribution < 1.29 is 18.0 Å². The van der Waals surface area contributed by atoms with Crippen LogP contribution in [0.5, 0.6) is 0 Å². The molecule has 2 rings (SSSR count). The Morgan fingerprint density at radius 3 is 2.44 bits per heavy atom. The van der Waals surface area contributed by atoms with Crippen LogP contribution < -0.4 is 15.4 Å². The minimum absolute atomic E-state index is 0.0398. The van der Waals surface area contributed by atoms with E-state index in [9.17, 15) is 18.0 Å². The van der Waals surface area contributed by atoms with Crippen LogP contribution in [0.15, 0.2) is 48.8 Å². The molecule has 0 fully saturated rings. The minimum atomic E-state index is -3.65. The van der Waals surface area contributed by atoms with Crippen molar-refractivity contribution >= 4 is 33.2 Å². The Morgan fingerprint density at radius 1 is 1.08 bits per heavy atom. The number of amides is 2. The number of benzene rings is 1. The lowest BCUT2D eigenvalue weighted by atomic mass is 10.2. The van der Waals surface area contributed by atoms with E-state index in [-0.39, 0.29) is 24.1 Å². The highest BCUT2D eigenvalue weighted by molar-refractivity contribution is 7.92. The van der Waals surface area contributed by atoms with Crippen LogP contribution in [0, 0.1) is 0 Å². The van der Waals surface area contributed by atoms with E-state index < -0.39 is 10.0 Å². The van der Waals surface area contributed by atoms with Crippen LogP contribution >= 0.6 is 0 Å². The van der Waals surface area contributed by atoms with Crippen LogP contribution in [0.2, 0.25) is 0 Å². The summed E-state index contributed by atoms with van der Waals surface area (Å²) >= 11 is 0. The molecule has 0 radical (unpaired) electrons. The number of nitrogens with zero attached hydrogens (tertiary/aromatic N) is 1. The van der Waals surface area contributed by atoms with E-state index in [1.807, 2.05) is 0 Å². The number of aromatic nitrogens is 1. The van der Waals surface area contributed by atoms with Crippen molar-refractivity contribution in [3.63, 3.8) is 0 Å². The third-order valence-corrected chi connectivity index (χ3v) is 4.34. The molecule has 132 valence electrons. The predicted molar refractivity (Wildman–Crippen MR) is 94.7 cm³/mol. The predicted octanol–water partition coefficient (Wildman–Crippen LogP) is 1.21. The Balaban J connectivity index is 1.89. The number of rotatable bonds is 7. The maximum absolute atomic E-state index is 12.1. The summed E-state index contributed by atoms with van der Waals surface area (Å²) in [6.07, 6.45) is 2.96. The third kappa shape index (κ3) is 6.22. The molecule has 0 bridgehead atoms. The van der Waals surface area contributed by atoms with E-state index in [0.717, 1.165) is 0 Å². The van der Waals surface area contributed by atoms with E-state index in [2.05, 4.69) is 20.3 Å². The highest BCUT2D eigenvalue weighted by atomic mass is 32.2. The zero-order chi connectivity index (χ0) is 18.3. The number of carbonyl (C=O) groups excluding carboxylic acids is 2. The summed E-state index contributed by atoms with van der Waals surface area (Å²) in [4.78, 5) is 26.7. The quantitative estimate of drug-likeness (QED) is 0.684. The van der Waals surface area contributed by atoms with Crippen molar-refractivity contribution in [2.24, 2.45) is 0 Å². The van der Waals surface area contributed by atoms with Gasteiger partial charge in [-0.05, 0) is 30.3 Å². The molecule has 0 aliphatic heterocycles. The summed E-state index contributed by atoms with van der Waals surface area (Å²) in [6, 6.07) is 9.42. The van der Waals surface area contributed by atoms with Crippen LogP contribution in [0.25, 0.3) is 0 Å². The van der Waals surface area contributed by atoms with Crippen LogP contribution in [0.4, 0.5) is 11.4 Å². The van der Waals surface area contributed by atoms with Crippen molar-refractivity contribution in [2.75, 3.05) is 22.3 Å². The van der Waals surface area contributed by atoms with Crippen molar-refractivity contribution in [3.05, 3.63) is 54.4 Å². The minimum Gasteiger partial charge on any atom is -0.351 e. The van der Waals surface area contributed by atoms with Crippen molar-refractivity contribution in [1.29, 1.82) is 0 Å². The molecule has 0 saturated carbocycles. The normalized spacial score (nSPS) is 10.8. The SMILES string of the molecule is CC(=O)Nc1cccc(NS(=O)(=O)CCNC(=O)c2ccncc2)c1. The maximum Gasteiger partial charge on any atom is 0.251 e. The molecular formula is C16H18N4O4S. The average molecular weight is 362 g/mol. The lowest BCUT2D eigenvalue weighted by Crippen LogP contribution is -2.31. The van der Waals surface area contributed by atoms with Gasteiger partial charge in [0.2, 0.25) is 15.9 Å². The fourth-order valence-corrected chi connectivity index (χ4v) is 2.96. The van der Waals surface area contributed by atoms with Crippen molar-refractivity contribution in [2.45, 2.75) is 6.92 Å². The van der Waals surface area contributed by atoms with E-state index in [1.54, 1.807) is 18.2 Å². The Labute approximate surface area is 145 Å². The molecular weight excluding hydrogens is 344 g/mol. The highest BCUT2D eigenvalue weighted by Gasteiger charge is 2.12. The molecule has 0 atom stereocenters. The molecule has 8 nitrogen and oxygen atoms in total. The molecule has 0 saturated heterocycles. The number of pyridine rings is 1. The van der Waals surface area contributed by atoms with Gasteiger partial charge in [0, 0.05) is 37.1 Å². The third-order valence-electron chi connectivity index (χ3n) is 3.06. The van der Waals surface area contributed by atoms with Gasteiger partial charge in [-0.25, -0.2) is 8.42 Å². The van der Waals surface area contributed by atoms with E-state index >= 15 is 0 Å². The Kier molecular flexibility index (Phi) is 6.07. The zero-order valence-electron chi connectivity index (χ0n) is 13.5. The molecule has 25 heavy (non-hydrogen) atoms. The van der Waals surface area contributed by atoms with Gasteiger partial charge in [0.05, 0.1) is 11.4 Å². The molecule has 3 N–H and O–H groups in total. The second kappa shape index (κ2) is 8.25. The largest absolute Gasteiger partial charge is 0.351 e. The summed E-state index contributed by atoms with van der Waals surface area (Å²) in [7, 11) is -3.65. The Hall–Kier alpha value is -2.94. The molecule has 2 amide bonds. The molecule has 1 heterocycles. The standard InChI is InChI=1S/C16H18N4O4S/c1-12(21)19-14-3-2-4-15(11-14)20-25(23,24)10-9-18-16(22)13-5-7-17-8-6-13/h2-8,11,20H,9-10H2,1H3,(H,18,22)(H,19,21). The smallest absolute Gasteiger partial charge is 0.251 e. The molecule has 0 aliphatic rings. The fourth-order valence-electron chi connectivity index (χ4n) is 2.00. The first kappa shape index (κ1) is 18.4. The first-order chi connectivity index (χ1) is 11.9. The first-order valence-corrected chi connectivity index (χ1v) is 9.07. The molecule has 0 unspecified atom stereocenters. The van der Waals surface area contributed by atoms with Gasteiger partial charge in [0.25, 0.3) is 5.91 Å². The summed E-state index contributed by atoms with van der Waals surface area (Å²) < 4.78 is 26.6. The van der Waals surface area contributed by atoms with Crippen LogP contribution in [-0.2, 0) is 14.8 Å².